The van der Waals surface area contributed by atoms with Gasteiger partial charge in [-0.15, -0.1) is 0 Å². The molecule has 1 atom stereocenters. The van der Waals surface area contributed by atoms with Gasteiger partial charge in [-0.2, -0.15) is 5.10 Å². The summed E-state index contributed by atoms with van der Waals surface area (Å²) in [6.45, 7) is 0. The van der Waals surface area contributed by atoms with Crippen molar-refractivity contribution in [2.24, 2.45) is 0 Å². The Labute approximate surface area is 138 Å². The van der Waals surface area contributed by atoms with Crippen molar-refractivity contribution in [2.45, 2.75) is 6.04 Å². The van der Waals surface area contributed by atoms with Crippen molar-refractivity contribution in [3.8, 4) is 22.8 Å². The minimum absolute atomic E-state index is 0.184. The number of carbonyl (C=O) groups excluding carboxylic acids is 1. The Morgan fingerprint density at radius 2 is 1.96 bits per heavy atom. The quantitative estimate of drug-likeness (QED) is 0.692. The molecule has 4 rings (SSSR count). The van der Waals surface area contributed by atoms with E-state index in [0.29, 0.717) is 11.4 Å². The molecule has 1 aromatic heterocycles. The van der Waals surface area contributed by atoms with Crippen molar-refractivity contribution in [3.05, 3.63) is 65.4 Å². The number of methoxy groups -OCH3 is 1. The number of benzene rings is 2. The molecule has 0 fully saturated rings. The van der Waals surface area contributed by atoms with Gasteiger partial charge < -0.3 is 15.2 Å². The molecule has 1 amide bonds. The fourth-order valence-corrected chi connectivity index (χ4v) is 2.99. The minimum atomic E-state index is -0.312. The molecule has 0 spiro atoms. The number of amides is 1. The fraction of sp³-hybridized carbons (Fsp3) is 0.111. The Balaban J connectivity index is 1.84. The minimum Gasteiger partial charge on any atom is -0.508 e. The lowest BCUT2D eigenvalue weighted by molar-refractivity contribution is 0.0955. The zero-order valence-electron chi connectivity index (χ0n) is 12.9. The molecule has 24 heavy (non-hydrogen) atoms. The number of rotatable bonds is 3. The lowest BCUT2D eigenvalue weighted by atomic mass is 9.96. The highest BCUT2D eigenvalue weighted by atomic mass is 16.5. The van der Waals surface area contributed by atoms with E-state index in [-0.39, 0.29) is 17.7 Å². The standard InChI is InChI=1S/C18H15N3O3/c1-24-13-4-2-3-11(9-13)16-14-15(10-5-7-12(22)8-6-10)19-18(23)17(14)21-20-16/h2-9,15,22H,1H3,(H,19,23)(H,20,21). The van der Waals surface area contributed by atoms with Crippen LogP contribution in [0, 0.1) is 0 Å². The van der Waals surface area contributed by atoms with Crippen LogP contribution in [0.5, 0.6) is 11.5 Å². The summed E-state index contributed by atoms with van der Waals surface area (Å²) in [5.41, 5.74) is 3.72. The van der Waals surface area contributed by atoms with Crippen molar-refractivity contribution in [1.29, 1.82) is 0 Å². The van der Waals surface area contributed by atoms with Gasteiger partial charge >= 0.3 is 0 Å². The SMILES string of the molecule is COc1cccc(-c2n[nH]c3c2C(c2ccc(O)cc2)NC3=O)c1. The van der Waals surface area contributed by atoms with Gasteiger partial charge in [-0.3, -0.25) is 9.89 Å². The number of H-pyrrole nitrogens is 1. The molecule has 3 N–H and O–H groups in total. The van der Waals surface area contributed by atoms with Gasteiger partial charge in [-0.25, -0.2) is 0 Å². The molecule has 6 heteroatoms. The molecule has 1 unspecified atom stereocenters. The number of hydrogen-bond donors (Lipinski definition) is 3. The third kappa shape index (κ3) is 2.20. The van der Waals surface area contributed by atoms with Crippen LogP contribution in [0.1, 0.15) is 27.7 Å². The number of aromatic nitrogens is 2. The maximum Gasteiger partial charge on any atom is 0.270 e. The molecule has 0 saturated carbocycles. The molecule has 0 radical (unpaired) electrons. The number of fused-ring (bicyclic) bond motifs is 1. The number of phenols is 1. The molecule has 6 nitrogen and oxygen atoms in total. The first-order valence-electron chi connectivity index (χ1n) is 7.50. The topological polar surface area (TPSA) is 87.2 Å². The number of nitrogens with zero attached hydrogens (tertiary/aromatic N) is 1. The van der Waals surface area contributed by atoms with Crippen LogP contribution in [0.2, 0.25) is 0 Å². The number of hydrogen-bond acceptors (Lipinski definition) is 4. The molecule has 2 aromatic carbocycles. The van der Waals surface area contributed by atoms with Crippen molar-refractivity contribution >= 4 is 5.91 Å². The predicted molar refractivity (Wildman–Crippen MR) is 88.0 cm³/mol. The van der Waals surface area contributed by atoms with E-state index in [4.69, 9.17) is 4.74 Å². The van der Waals surface area contributed by atoms with Crippen LogP contribution in [-0.2, 0) is 0 Å². The summed E-state index contributed by atoms with van der Waals surface area (Å²) in [7, 11) is 1.61. The number of carbonyl (C=O) groups is 1. The average molecular weight is 321 g/mol. The summed E-state index contributed by atoms with van der Waals surface area (Å²) in [5, 5.41) is 19.6. The van der Waals surface area contributed by atoms with E-state index in [1.165, 1.54) is 0 Å². The van der Waals surface area contributed by atoms with Crippen molar-refractivity contribution in [3.63, 3.8) is 0 Å². The van der Waals surface area contributed by atoms with Gasteiger partial charge in [0.05, 0.1) is 18.8 Å². The Morgan fingerprint density at radius 3 is 2.71 bits per heavy atom. The van der Waals surface area contributed by atoms with E-state index in [0.717, 1.165) is 22.4 Å². The number of ether oxygens (including phenoxy) is 1. The largest absolute Gasteiger partial charge is 0.508 e. The van der Waals surface area contributed by atoms with Crippen LogP contribution in [0.3, 0.4) is 0 Å². The van der Waals surface area contributed by atoms with Crippen molar-refractivity contribution < 1.29 is 14.6 Å². The molecule has 0 saturated heterocycles. The summed E-state index contributed by atoms with van der Waals surface area (Å²) in [6, 6.07) is 14.0. The number of nitrogens with one attached hydrogen (secondary N) is 2. The molecule has 3 aromatic rings. The van der Waals surface area contributed by atoms with Gasteiger partial charge in [0.2, 0.25) is 0 Å². The monoisotopic (exact) mass is 321 g/mol. The first-order chi connectivity index (χ1) is 11.7. The van der Waals surface area contributed by atoms with Crippen LogP contribution >= 0.6 is 0 Å². The molecular formula is C18H15N3O3. The third-order valence-corrected chi connectivity index (χ3v) is 4.16. The maximum atomic E-state index is 12.2. The van der Waals surface area contributed by atoms with Gasteiger partial charge in [-0.05, 0) is 29.8 Å². The summed E-state index contributed by atoms with van der Waals surface area (Å²) in [4.78, 5) is 12.2. The second kappa shape index (κ2) is 5.42. The number of aromatic hydroxyl groups is 1. The van der Waals surface area contributed by atoms with Crippen LogP contribution in [0.4, 0.5) is 0 Å². The van der Waals surface area contributed by atoms with Crippen LogP contribution in [-0.4, -0.2) is 28.3 Å². The Kier molecular flexibility index (Phi) is 3.23. The maximum absolute atomic E-state index is 12.2. The highest BCUT2D eigenvalue weighted by Crippen LogP contribution is 2.37. The van der Waals surface area contributed by atoms with Crippen LogP contribution < -0.4 is 10.1 Å². The van der Waals surface area contributed by atoms with Gasteiger partial charge in [0, 0.05) is 11.1 Å². The second-order valence-electron chi connectivity index (χ2n) is 5.59. The fourth-order valence-electron chi connectivity index (χ4n) is 2.99. The number of aromatic amines is 1. The Hall–Kier alpha value is -3.28. The number of phenolic OH excluding ortho intramolecular Hbond substituents is 1. The second-order valence-corrected chi connectivity index (χ2v) is 5.59. The first-order valence-corrected chi connectivity index (χ1v) is 7.50. The summed E-state index contributed by atoms with van der Waals surface area (Å²) < 4.78 is 5.27. The van der Waals surface area contributed by atoms with Crippen LogP contribution in [0.15, 0.2) is 48.5 Å². The van der Waals surface area contributed by atoms with E-state index < -0.39 is 0 Å². The van der Waals surface area contributed by atoms with Crippen molar-refractivity contribution in [1.82, 2.24) is 15.5 Å². The Bertz CT molecular complexity index is 916. The predicted octanol–water partition coefficient (Wildman–Crippen LogP) is 2.62. The van der Waals surface area contributed by atoms with Gasteiger partial charge in [0.25, 0.3) is 5.91 Å². The van der Waals surface area contributed by atoms with E-state index in [1.807, 2.05) is 24.3 Å². The van der Waals surface area contributed by atoms with Gasteiger partial charge in [0.15, 0.2) is 0 Å². The van der Waals surface area contributed by atoms with E-state index in [1.54, 1.807) is 31.4 Å². The normalized spacial score (nSPS) is 15.9. The summed E-state index contributed by atoms with van der Waals surface area (Å²) >= 11 is 0. The van der Waals surface area contributed by atoms with Crippen LogP contribution in [0.25, 0.3) is 11.3 Å². The zero-order valence-corrected chi connectivity index (χ0v) is 12.9. The lowest BCUT2D eigenvalue weighted by Crippen LogP contribution is -2.21. The Morgan fingerprint density at radius 1 is 1.17 bits per heavy atom. The van der Waals surface area contributed by atoms with Gasteiger partial charge in [-0.1, -0.05) is 24.3 Å². The smallest absolute Gasteiger partial charge is 0.270 e. The van der Waals surface area contributed by atoms with Crippen molar-refractivity contribution in [2.75, 3.05) is 7.11 Å². The summed E-state index contributed by atoms with van der Waals surface area (Å²) in [6.07, 6.45) is 0. The highest BCUT2D eigenvalue weighted by Gasteiger charge is 2.35. The molecule has 120 valence electrons. The highest BCUT2D eigenvalue weighted by molar-refractivity contribution is 6.00. The van der Waals surface area contributed by atoms with Gasteiger partial charge in [0.1, 0.15) is 17.2 Å². The molecule has 0 aliphatic carbocycles. The molecular weight excluding hydrogens is 306 g/mol. The summed E-state index contributed by atoms with van der Waals surface area (Å²) in [5.74, 6) is 0.718. The van der Waals surface area contributed by atoms with E-state index in [9.17, 15) is 9.90 Å². The molecule has 1 aliphatic rings. The first kappa shape index (κ1) is 14.3. The molecule has 1 aliphatic heterocycles. The molecule has 2 heterocycles. The zero-order chi connectivity index (χ0) is 16.7. The molecule has 0 bridgehead atoms. The van der Waals surface area contributed by atoms with E-state index in [2.05, 4.69) is 15.5 Å². The lowest BCUT2D eigenvalue weighted by Gasteiger charge is -2.13. The van der Waals surface area contributed by atoms with E-state index >= 15 is 0 Å². The third-order valence-electron chi connectivity index (χ3n) is 4.16. The average Bonchev–Trinajstić information content (AvgIpc) is 3.17.